The Morgan fingerprint density at radius 3 is 2.60 bits per heavy atom. The minimum atomic E-state index is 0. The van der Waals surface area contributed by atoms with Gasteiger partial charge in [0, 0.05) is 31.2 Å². The van der Waals surface area contributed by atoms with E-state index >= 15 is 0 Å². The summed E-state index contributed by atoms with van der Waals surface area (Å²) in [5, 5.41) is 6.77. The largest absolute Gasteiger partial charge is 0.494 e. The molecule has 0 aromatic heterocycles. The second kappa shape index (κ2) is 12.4. The molecule has 0 radical (unpaired) electrons. The van der Waals surface area contributed by atoms with E-state index in [4.69, 9.17) is 9.73 Å². The van der Waals surface area contributed by atoms with Gasteiger partial charge in [0.1, 0.15) is 5.75 Å². The van der Waals surface area contributed by atoms with Crippen LogP contribution in [0.4, 0.5) is 0 Å². The predicted octanol–water partition coefficient (Wildman–Crippen LogP) is 3.24. The van der Waals surface area contributed by atoms with Crippen LogP contribution in [0.25, 0.3) is 0 Å². The molecule has 1 aliphatic rings. The van der Waals surface area contributed by atoms with Gasteiger partial charge in [-0.05, 0) is 39.3 Å². The van der Waals surface area contributed by atoms with Crippen LogP contribution < -0.4 is 15.4 Å². The molecule has 25 heavy (non-hydrogen) atoms. The van der Waals surface area contributed by atoms with Gasteiger partial charge in [-0.2, -0.15) is 0 Å². The number of likely N-dealkylation sites (N-methyl/N-ethyl adjacent to an activating group) is 1. The number of benzene rings is 1. The Hall–Kier alpha value is -1.02. The minimum absolute atomic E-state index is 0. The fourth-order valence-corrected chi connectivity index (χ4v) is 2.79. The van der Waals surface area contributed by atoms with Crippen LogP contribution in [0.3, 0.4) is 0 Å². The first-order valence-electron chi connectivity index (χ1n) is 9.25. The van der Waals surface area contributed by atoms with Gasteiger partial charge in [0.25, 0.3) is 0 Å². The van der Waals surface area contributed by atoms with Crippen molar-refractivity contribution in [2.45, 2.75) is 46.2 Å². The highest BCUT2D eigenvalue weighted by Gasteiger charge is 2.27. The highest BCUT2D eigenvalue weighted by molar-refractivity contribution is 14.0. The number of hydrogen-bond donors (Lipinski definition) is 2. The van der Waals surface area contributed by atoms with E-state index in [0.717, 1.165) is 49.5 Å². The maximum Gasteiger partial charge on any atom is 0.191 e. The van der Waals surface area contributed by atoms with E-state index in [1.807, 2.05) is 25.1 Å². The molecule has 1 saturated carbocycles. The van der Waals surface area contributed by atoms with Crippen molar-refractivity contribution in [1.82, 2.24) is 15.5 Å². The Kier molecular flexibility index (Phi) is 10.9. The molecule has 2 N–H and O–H groups in total. The third-order valence-electron chi connectivity index (χ3n) is 4.19. The monoisotopic (exact) mass is 460 g/mol. The number of halogens is 1. The summed E-state index contributed by atoms with van der Waals surface area (Å²) in [5.41, 5.74) is 1.12. The minimum Gasteiger partial charge on any atom is -0.494 e. The molecule has 0 unspecified atom stereocenters. The number of para-hydroxylation sites is 1. The molecule has 1 aromatic rings. The second-order valence-corrected chi connectivity index (χ2v) is 6.02. The zero-order valence-electron chi connectivity index (χ0n) is 15.8. The Morgan fingerprint density at radius 2 is 1.96 bits per heavy atom. The maximum atomic E-state index is 5.67. The Balaban J connectivity index is 0.00000312. The topological polar surface area (TPSA) is 48.9 Å². The van der Waals surface area contributed by atoms with Crippen LogP contribution in [0, 0.1) is 0 Å². The van der Waals surface area contributed by atoms with E-state index in [1.54, 1.807) is 0 Å². The van der Waals surface area contributed by atoms with Crippen molar-refractivity contribution in [2.24, 2.45) is 4.99 Å². The van der Waals surface area contributed by atoms with Crippen molar-refractivity contribution in [1.29, 1.82) is 0 Å². The Labute approximate surface area is 169 Å². The van der Waals surface area contributed by atoms with Crippen molar-refractivity contribution in [3.63, 3.8) is 0 Å². The van der Waals surface area contributed by atoms with Crippen molar-refractivity contribution in [2.75, 3.05) is 32.8 Å². The molecular weight excluding hydrogens is 427 g/mol. The van der Waals surface area contributed by atoms with Crippen LogP contribution in [-0.4, -0.2) is 49.7 Å². The Bertz CT molecular complexity index is 520. The summed E-state index contributed by atoms with van der Waals surface area (Å²) in [6, 6.07) is 8.92. The van der Waals surface area contributed by atoms with Gasteiger partial charge < -0.3 is 15.4 Å². The molecule has 0 amide bonds. The molecule has 0 atom stereocenters. The van der Waals surface area contributed by atoms with Crippen molar-refractivity contribution in [3.05, 3.63) is 29.8 Å². The Morgan fingerprint density at radius 1 is 1.20 bits per heavy atom. The van der Waals surface area contributed by atoms with Crippen LogP contribution in [0.1, 0.15) is 39.2 Å². The lowest BCUT2D eigenvalue weighted by atomic mass is 10.2. The fraction of sp³-hybridized carbons (Fsp3) is 0.632. The lowest BCUT2D eigenvalue weighted by Gasteiger charge is -2.20. The van der Waals surface area contributed by atoms with Gasteiger partial charge in [-0.15, -0.1) is 24.0 Å². The van der Waals surface area contributed by atoms with Gasteiger partial charge in [0.15, 0.2) is 5.96 Å². The van der Waals surface area contributed by atoms with E-state index in [2.05, 4.69) is 35.4 Å². The molecule has 1 fully saturated rings. The number of ether oxygens (including phenoxy) is 1. The SMILES string of the molecule is CCNC(=NCc1ccccc1OCC)NCCN(CC)C1CC1.I. The first-order chi connectivity index (χ1) is 11.8. The van der Waals surface area contributed by atoms with Gasteiger partial charge in [-0.25, -0.2) is 4.99 Å². The van der Waals surface area contributed by atoms with Crippen LogP contribution in [-0.2, 0) is 6.54 Å². The van der Waals surface area contributed by atoms with Crippen molar-refractivity contribution < 1.29 is 4.74 Å². The van der Waals surface area contributed by atoms with Gasteiger partial charge in [-0.3, -0.25) is 4.90 Å². The van der Waals surface area contributed by atoms with E-state index in [9.17, 15) is 0 Å². The quantitative estimate of drug-likeness (QED) is 0.320. The molecule has 1 aliphatic carbocycles. The highest BCUT2D eigenvalue weighted by Crippen LogP contribution is 2.25. The van der Waals surface area contributed by atoms with E-state index in [-0.39, 0.29) is 24.0 Å². The fourth-order valence-electron chi connectivity index (χ4n) is 2.79. The summed E-state index contributed by atoms with van der Waals surface area (Å²) < 4.78 is 5.67. The molecule has 0 aliphatic heterocycles. The number of aliphatic imine (C=N–C) groups is 1. The number of guanidine groups is 1. The number of rotatable bonds is 10. The van der Waals surface area contributed by atoms with Crippen LogP contribution >= 0.6 is 24.0 Å². The smallest absolute Gasteiger partial charge is 0.191 e. The number of nitrogens with one attached hydrogen (secondary N) is 2. The summed E-state index contributed by atoms with van der Waals surface area (Å²) in [6.45, 7) is 11.6. The summed E-state index contributed by atoms with van der Waals surface area (Å²) >= 11 is 0. The normalized spacial score (nSPS) is 14.2. The first kappa shape index (κ1) is 22.0. The third kappa shape index (κ3) is 7.81. The molecule has 5 nitrogen and oxygen atoms in total. The first-order valence-corrected chi connectivity index (χ1v) is 9.25. The predicted molar refractivity (Wildman–Crippen MR) is 116 cm³/mol. The van der Waals surface area contributed by atoms with Gasteiger partial charge in [0.05, 0.1) is 13.2 Å². The number of hydrogen-bond acceptors (Lipinski definition) is 3. The average Bonchev–Trinajstić information content (AvgIpc) is 3.43. The van der Waals surface area contributed by atoms with Crippen molar-refractivity contribution >= 4 is 29.9 Å². The van der Waals surface area contributed by atoms with Crippen LogP contribution in [0.2, 0.25) is 0 Å². The molecule has 0 bridgehead atoms. The van der Waals surface area contributed by atoms with Gasteiger partial charge in [0.2, 0.25) is 0 Å². The third-order valence-corrected chi connectivity index (χ3v) is 4.19. The summed E-state index contributed by atoms with van der Waals surface area (Å²) in [4.78, 5) is 7.25. The van der Waals surface area contributed by atoms with E-state index in [0.29, 0.717) is 13.2 Å². The zero-order chi connectivity index (χ0) is 17.2. The molecular formula is C19H33IN4O. The summed E-state index contributed by atoms with van der Waals surface area (Å²) in [6.07, 6.45) is 2.71. The van der Waals surface area contributed by atoms with Crippen LogP contribution in [0.5, 0.6) is 5.75 Å². The molecule has 0 saturated heterocycles. The lowest BCUT2D eigenvalue weighted by molar-refractivity contribution is 0.282. The van der Waals surface area contributed by atoms with E-state index < -0.39 is 0 Å². The number of nitrogens with zero attached hydrogens (tertiary/aromatic N) is 2. The lowest BCUT2D eigenvalue weighted by Crippen LogP contribution is -2.42. The van der Waals surface area contributed by atoms with E-state index in [1.165, 1.54) is 12.8 Å². The molecule has 142 valence electrons. The maximum absolute atomic E-state index is 5.67. The summed E-state index contributed by atoms with van der Waals surface area (Å²) in [5.74, 6) is 1.79. The standard InChI is InChI=1S/C19H32N4O.HI/c1-4-20-19(21-13-14-23(5-2)17-11-12-17)22-15-16-9-7-8-10-18(16)24-6-3;/h7-10,17H,4-6,11-15H2,1-3H3,(H2,20,21,22);1H. The van der Waals surface area contributed by atoms with Crippen LogP contribution in [0.15, 0.2) is 29.3 Å². The molecule has 0 heterocycles. The molecule has 0 spiro atoms. The highest BCUT2D eigenvalue weighted by atomic mass is 127. The molecule has 2 rings (SSSR count). The van der Waals surface area contributed by atoms with Gasteiger partial charge in [-0.1, -0.05) is 25.1 Å². The van der Waals surface area contributed by atoms with Crippen molar-refractivity contribution in [3.8, 4) is 5.75 Å². The summed E-state index contributed by atoms with van der Waals surface area (Å²) in [7, 11) is 0. The average molecular weight is 460 g/mol. The zero-order valence-corrected chi connectivity index (χ0v) is 18.1. The second-order valence-electron chi connectivity index (χ2n) is 6.02. The molecule has 6 heteroatoms. The van der Waals surface area contributed by atoms with Gasteiger partial charge >= 0.3 is 0 Å². The molecule has 1 aromatic carbocycles.